The highest BCUT2D eigenvalue weighted by molar-refractivity contribution is 5.74. The lowest BCUT2D eigenvalue weighted by molar-refractivity contribution is 0.632. The summed E-state index contributed by atoms with van der Waals surface area (Å²) in [7, 11) is 1.83. The highest BCUT2D eigenvalue weighted by Crippen LogP contribution is 2.29. The van der Waals surface area contributed by atoms with E-state index in [2.05, 4.69) is 4.98 Å². The van der Waals surface area contributed by atoms with Gasteiger partial charge in [-0.15, -0.1) is 0 Å². The van der Waals surface area contributed by atoms with E-state index in [0.29, 0.717) is 5.69 Å². The predicted octanol–water partition coefficient (Wildman–Crippen LogP) is 2.57. The minimum absolute atomic E-state index is 0.154. The molecule has 0 unspecified atom stereocenters. The third kappa shape index (κ3) is 1.82. The van der Waals surface area contributed by atoms with E-state index in [0.717, 1.165) is 5.69 Å². The van der Waals surface area contributed by atoms with Gasteiger partial charge in [0.25, 0.3) is 0 Å². The number of anilines is 3. The van der Waals surface area contributed by atoms with Crippen LogP contribution in [0.15, 0.2) is 42.7 Å². The average molecular weight is 217 g/mol. The molecule has 1 heterocycles. The highest BCUT2D eigenvalue weighted by Gasteiger charge is 2.09. The van der Waals surface area contributed by atoms with E-state index in [9.17, 15) is 4.39 Å². The quantitative estimate of drug-likeness (QED) is 0.786. The van der Waals surface area contributed by atoms with Crippen molar-refractivity contribution in [2.45, 2.75) is 0 Å². The second-order valence-electron chi connectivity index (χ2n) is 3.44. The molecule has 0 fully saturated rings. The van der Waals surface area contributed by atoms with Crippen molar-refractivity contribution in [3.63, 3.8) is 0 Å². The Morgan fingerprint density at radius 1 is 1.19 bits per heavy atom. The standard InChI is InChI=1S/C12H12FN3/c1-16(9-5-7-15-8-6-9)11-4-2-3-10(13)12(11)14/h2-8H,14H2,1H3. The number of para-hydroxylation sites is 1. The molecule has 4 heteroatoms. The van der Waals surface area contributed by atoms with E-state index in [4.69, 9.17) is 5.73 Å². The van der Waals surface area contributed by atoms with Crippen LogP contribution in [-0.4, -0.2) is 12.0 Å². The minimum atomic E-state index is -0.404. The number of nitrogens with zero attached hydrogens (tertiary/aromatic N) is 2. The molecule has 3 nitrogen and oxygen atoms in total. The molecule has 0 atom stereocenters. The van der Waals surface area contributed by atoms with Crippen molar-refractivity contribution in [1.82, 2.24) is 4.98 Å². The van der Waals surface area contributed by atoms with Gasteiger partial charge in [-0.25, -0.2) is 4.39 Å². The van der Waals surface area contributed by atoms with Crippen LogP contribution in [0.5, 0.6) is 0 Å². The molecule has 0 aliphatic heterocycles. The summed E-state index contributed by atoms with van der Waals surface area (Å²) < 4.78 is 13.3. The molecule has 2 aromatic rings. The number of pyridine rings is 1. The fourth-order valence-corrected chi connectivity index (χ4v) is 1.52. The number of rotatable bonds is 2. The highest BCUT2D eigenvalue weighted by atomic mass is 19.1. The topological polar surface area (TPSA) is 42.2 Å². The van der Waals surface area contributed by atoms with Crippen molar-refractivity contribution < 1.29 is 4.39 Å². The summed E-state index contributed by atoms with van der Waals surface area (Å²) >= 11 is 0. The van der Waals surface area contributed by atoms with Crippen molar-refractivity contribution in [2.24, 2.45) is 0 Å². The van der Waals surface area contributed by atoms with Gasteiger partial charge >= 0.3 is 0 Å². The number of benzene rings is 1. The molecule has 82 valence electrons. The summed E-state index contributed by atoms with van der Waals surface area (Å²) in [5.41, 5.74) is 7.40. The van der Waals surface area contributed by atoms with Crippen LogP contribution in [0.4, 0.5) is 21.5 Å². The second-order valence-corrected chi connectivity index (χ2v) is 3.44. The maximum Gasteiger partial charge on any atom is 0.148 e. The smallest absolute Gasteiger partial charge is 0.148 e. The van der Waals surface area contributed by atoms with Crippen LogP contribution in [0.3, 0.4) is 0 Å². The number of aromatic nitrogens is 1. The van der Waals surface area contributed by atoms with Crippen molar-refractivity contribution >= 4 is 17.1 Å². The second kappa shape index (κ2) is 4.18. The Morgan fingerprint density at radius 2 is 1.88 bits per heavy atom. The van der Waals surface area contributed by atoms with Gasteiger partial charge in [0.15, 0.2) is 0 Å². The molecule has 2 rings (SSSR count). The van der Waals surface area contributed by atoms with Gasteiger partial charge in [-0.1, -0.05) is 6.07 Å². The Balaban J connectivity index is 2.42. The Labute approximate surface area is 93.3 Å². The van der Waals surface area contributed by atoms with Crippen LogP contribution in [0, 0.1) is 5.82 Å². The zero-order valence-electron chi connectivity index (χ0n) is 8.89. The number of hydrogen-bond donors (Lipinski definition) is 1. The zero-order valence-corrected chi connectivity index (χ0v) is 8.89. The minimum Gasteiger partial charge on any atom is -0.395 e. The van der Waals surface area contributed by atoms with Crippen molar-refractivity contribution in [2.75, 3.05) is 17.7 Å². The molecule has 0 bridgehead atoms. The van der Waals surface area contributed by atoms with Crippen LogP contribution in [0.2, 0.25) is 0 Å². The van der Waals surface area contributed by atoms with Gasteiger partial charge in [-0.3, -0.25) is 4.98 Å². The molecule has 1 aromatic carbocycles. The predicted molar refractivity (Wildman–Crippen MR) is 63.1 cm³/mol. The number of halogens is 1. The van der Waals surface area contributed by atoms with Crippen LogP contribution in [-0.2, 0) is 0 Å². The Morgan fingerprint density at radius 3 is 2.56 bits per heavy atom. The van der Waals surface area contributed by atoms with Crippen molar-refractivity contribution in [1.29, 1.82) is 0 Å². The maximum atomic E-state index is 13.3. The first kappa shape index (κ1) is 10.4. The molecule has 0 amide bonds. The third-order valence-corrected chi connectivity index (χ3v) is 2.44. The molecule has 0 saturated heterocycles. The van der Waals surface area contributed by atoms with E-state index < -0.39 is 5.82 Å². The van der Waals surface area contributed by atoms with Crippen LogP contribution >= 0.6 is 0 Å². The van der Waals surface area contributed by atoms with Gasteiger partial charge in [0.2, 0.25) is 0 Å². The van der Waals surface area contributed by atoms with Gasteiger partial charge in [-0.2, -0.15) is 0 Å². The molecule has 1 aromatic heterocycles. The first-order valence-corrected chi connectivity index (χ1v) is 4.88. The number of nitrogens with two attached hydrogens (primary N) is 1. The molecular weight excluding hydrogens is 205 g/mol. The molecule has 0 radical (unpaired) electrons. The van der Waals surface area contributed by atoms with E-state index in [1.54, 1.807) is 24.5 Å². The lowest BCUT2D eigenvalue weighted by Gasteiger charge is -2.21. The summed E-state index contributed by atoms with van der Waals surface area (Å²) in [6, 6.07) is 8.44. The SMILES string of the molecule is CN(c1ccncc1)c1cccc(F)c1N. The average Bonchev–Trinajstić information content (AvgIpc) is 2.33. The first-order chi connectivity index (χ1) is 7.70. The lowest BCUT2D eigenvalue weighted by Crippen LogP contribution is -2.12. The van der Waals surface area contributed by atoms with E-state index in [1.165, 1.54) is 6.07 Å². The van der Waals surface area contributed by atoms with E-state index in [1.807, 2.05) is 24.1 Å². The summed E-state index contributed by atoms with van der Waals surface area (Å²) in [6.45, 7) is 0. The van der Waals surface area contributed by atoms with Gasteiger partial charge in [0, 0.05) is 25.1 Å². The van der Waals surface area contributed by atoms with Gasteiger partial charge in [0.05, 0.1) is 11.4 Å². The largest absolute Gasteiger partial charge is 0.395 e. The molecule has 0 aliphatic carbocycles. The molecule has 2 N–H and O–H groups in total. The number of hydrogen-bond acceptors (Lipinski definition) is 3. The van der Waals surface area contributed by atoms with Crippen LogP contribution in [0.1, 0.15) is 0 Å². The zero-order chi connectivity index (χ0) is 11.5. The monoisotopic (exact) mass is 217 g/mol. The molecule has 0 saturated carbocycles. The van der Waals surface area contributed by atoms with E-state index >= 15 is 0 Å². The number of nitrogen functional groups attached to an aromatic ring is 1. The lowest BCUT2D eigenvalue weighted by atomic mass is 10.2. The van der Waals surface area contributed by atoms with Crippen LogP contribution in [0.25, 0.3) is 0 Å². The summed E-state index contributed by atoms with van der Waals surface area (Å²) in [6.07, 6.45) is 3.36. The molecule has 0 spiro atoms. The fraction of sp³-hybridized carbons (Fsp3) is 0.0833. The summed E-state index contributed by atoms with van der Waals surface area (Å²) in [5.74, 6) is -0.404. The van der Waals surface area contributed by atoms with Crippen molar-refractivity contribution in [3.05, 3.63) is 48.5 Å². The van der Waals surface area contributed by atoms with Gasteiger partial charge in [-0.05, 0) is 24.3 Å². The van der Waals surface area contributed by atoms with E-state index in [-0.39, 0.29) is 5.69 Å². The third-order valence-electron chi connectivity index (χ3n) is 2.44. The Hall–Kier alpha value is -2.10. The fourth-order valence-electron chi connectivity index (χ4n) is 1.52. The van der Waals surface area contributed by atoms with Crippen LogP contribution < -0.4 is 10.6 Å². The Kier molecular flexibility index (Phi) is 2.72. The Bertz CT molecular complexity index is 485. The molecular formula is C12H12FN3. The van der Waals surface area contributed by atoms with Gasteiger partial charge < -0.3 is 10.6 Å². The molecule has 16 heavy (non-hydrogen) atoms. The van der Waals surface area contributed by atoms with Gasteiger partial charge in [0.1, 0.15) is 5.82 Å². The van der Waals surface area contributed by atoms with Crippen molar-refractivity contribution in [3.8, 4) is 0 Å². The summed E-state index contributed by atoms with van der Waals surface area (Å²) in [4.78, 5) is 5.75. The maximum absolute atomic E-state index is 13.3. The summed E-state index contributed by atoms with van der Waals surface area (Å²) in [5, 5.41) is 0. The first-order valence-electron chi connectivity index (χ1n) is 4.88. The molecule has 0 aliphatic rings. The normalized spacial score (nSPS) is 10.1.